The average Bonchev–Trinajstić information content (AvgIpc) is 2.26. The standard InChI is InChI=1S/C12H17FN2O3S/c1-15-2-3-18-11(7-15)8-19(16,17)12-5-9(13)4-10(14)6-12/h4-6,11H,2-3,7-8,14H2,1H3. The highest BCUT2D eigenvalue weighted by molar-refractivity contribution is 7.91. The highest BCUT2D eigenvalue weighted by Gasteiger charge is 2.26. The van der Waals surface area contributed by atoms with Crippen LogP contribution in [-0.2, 0) is 14.6 Å². The van der Waals surface area contributed by atoms with E-state index in [1.54, 1.807) is 0 Å². The molecule has 1 unspecified atom stereocenters. The summed E-state index contributed by atoms with van der Waals surface area (Å²) in [5.74, 6) is -0.819. The van der Waals surface area contributed by atoms with Crippen molar-refractivity contribution in [3.05, 3.63) is 24.0 Å². The van der Waals surface area contributed by atoms with Gasteiger partial charge in [0.25, 0.3) is 0 Å². The third-order valence-corrected chi connectivity index (χ3v) is 4.76. The van der Waals surface area contributed by atoms with Crippen LogP contribution in [0.25, 0.3) is 0 Å². The van der Waals surface area contributed by atoms with E-state index in [9.17, 15) is 12.8 Å². The maximum atomic E-state index is 13.2. The number of hydrogen-bond donors (Lipinski definition) is 1. The first-order valence-electron chi connectivity index (χ1n) is 5.96. The molecule has 0 aromatic heterocycles. The van der Waals surface area contributed by atoms with E-state index in [1.165, 1.54) is 6.07 Å². The second-order valence-electron chi connectivity index (χ2n) is 4.76. The second kappa shape index (κ2) is 5.44. The minimum absolute atomic E-state index is 0.0955. The topological polar surface area (TPSA) is 72.6 Å². The Morgan fingerprint density at radius 1 is 1.47 bits per heavy atom. The Hall–Kier alpha value is -1.18. The van der Waals surface area contributed by atoms with Crippen LogP contribution >= 0.6 is 0 Å². The Kier molecular flexibility index (Phi) is 4.07. The molecule has 5 nitrogen and oxygen atoms in total. The molecule has 1 fully saturated rings. The van der Waals surface area contributed by atoms with Gasteiger partial charge in [-0.05, 0) is 25.2 Å². The molecule has 0 bridgehead atoms. The fourth-order valence-corrected chi connectivity index (χ4v) is 3.56. The Morgan fingerprint density at radius 2 is 2.21 bits per heavy atom. The number of nitrogens with zero attached hydrogens (tertiary/aromatic N) is 1. The number of sulfone groups is 1. The summed E-state index contributed by atoms with van der Waals surface area (Å²) in [5.41, 5.74) is 5.56. The van der Waals surface area contributed by atoms with Crippen molar-refractivity contribution in [1.82, 2.24) is 4.90 Å². The summed E-state index contributed by atoms with van der Waals surface area (Å²) in [7, 11) is -1.69. The van der Waals surface area contributed by atoms with Crippen molar-refractivity contribution in [2.24, 2.45) is 0 Å². The maximum Gasteiger partial charge on any atom is 0.181 e. The molecule has 1 atom stereocenters. The predicted molar refractivity (Wildman–Crippen MR) is 70.1 cm³/mol. The lowest BCUT2D eigenvalue weighted by atomic mass is 10.3. The smallest absolute Gasteiger partial charge is 0.181 e. The van der Waals surface area contributed by atoms with Crippen LogP contribution in [0.5, 0.6) is 0 Å². The number of rotatable bonds is 3. The van der Waals surface area contributed by atoms with Crippen LogP contribution in [0.1, 0.15) is 0 Å². The normalized spacial score (nSPS) is 21.5. The minimum Gasteiger partial charge on any atom is -0.399 e. The summed E-state index contributed by atoms with van der Waals surface area (Å²) in [5, 5.41) is 0. The van der Waals surface area contributed by atoms with E-state index >= 15 is 0 Å². The van der Waals surface area contributed by atoms with Gasteiger partial charge >= 0.3 is 0 Å². The molecular weight excluding hydrogens is 271 g/mol. The largest absolute Gasteiger partial charge is 0.399 e. The Balaban J connectivity index is 2.17. The fraction of sp³-hybridized carbons (Fsp3) is 0.500. The molecule has 2 N–H and O–H groups in total. The lowest BCUT2D eigenvalue weighted by Crippen LogP contribution is -2.43. The van der Waals surface area contributed by atoms with Crippen molar-refractivity contribution in [1.29, 1.82) is 0 Å². The Bertz CT molecular complexity index is 542. The number of likely N-dealkylation sites (N-methyl/N-ethyl adjacent to an activating group) is 1. The number of morpholine rings is 1. The van der Waals surface area contributed by atoms with E-state index in [2.05, 4.69) is 0 Å². The monoisotopic (exact) mass is 288 g/mol. The van der Waals surface area contributed by atoms with Gasteiger partial charge in [0.1, 0.15) is 5.82 Å². The first-order chi connectivity index (χ1) is 8.87. The summed E-state index contributed by atoms with van der Waals surface area (Å²) >= 11 is 0. The lowest BCUT2D eigenvalue weighted by Gasteiger charge is -2.29. The average molecular weight is 288 g/mol. The molecule has 0 amide bonds. The van der Waals surface area contributed by atoms with Gasteiger partial charge in [-0.3, -0.25) is 0 Å². The molecule has 0 radical (unpaired) electrons. The van der Waals surface area contributed by atoms with Crippen molar-refractivity contribution in [3.8, 4) is 0 Å². The lowest BCUT2D eigenvalue weighted by molar-refractivity contribution is -0.00680. The Morgan fingerprint density at radius 3 is 2.84 bits per heavy atom. The van der Waals surface area contributed by atoms with Gasteiger partial charge in [-0.15, -0.1) is 0 Å². The Labute approximate surface area is 112 Å². The molecule has 1 heterocycles. The molecular formula is C12H17FN2O3S. The van der Waals surface area contributed by atoms with Crippen LogP contribution in [0.15, 0.2) is 23.1 Å². The van der Waals surface area contributed by atoms with Crippen molar-refractivity contribution >= 4 is 15.5 Å². The highest BCUT2D eigenvalue weighted by atomic mass is 32.2. The highest BCUT2D eigenvalue weighted by Crippen LogP contribution is 2.19. The van der Waals surface area contributed by atoms with Gasteiger partial charge in [0, 0.05) is 18.8 Å². The van der Waals surface area contributed by atoms with Gasteiger partial charge in [0.15, 0.2) is 9.84 Å². The van der Waals surface area contributed by atoms with Crippen LogP contribution in [0.3, 0.4) is 0 Å². The quantitative estimate of drug-likeness (QED) is 0.821. The van der Waals surface area contributed by atoms with E-state index < -0.39 is 21.8 Å². The van der Waals surface area contributed by atoms with E-state index in [0.717, 1.165) is 18.7 Å². The van der Waals surface area contributed by atoms with Gasteiger partial charge in [-0.2, -0.15) is 0 Å². The summed E-state index contributed by atoms with van der Waals surface area (Å²) in [6.07, 6.45) is -0.395. The van der Waals surface area contributed by atoms with Gasteiger partial charge in [0.2, 0.25) is 0 Å². The van der Waals surface area contributed by atoms with Crippen LogP contribution in [0.4, 0.5) is 10.1 Å². The molecule has 1 aromatic carbocycles. The number of nitrogens with two attached hydrogens (primary N) is 1. The summed E-state index contributed by atoms with van der Waals surface area (Å²) < 4.78 is 43.0. The molecule has 106 valence electrons. The molecule has 0 saturated carbocycles. The number of ether oxygens (including phenoxy) is 1. The van der Waals surface area contributed by atoms with Gasteiger partial charge < -0.3 is 15.4 Å². The number of hydrogen-bond acceptors (Lipinski definition) is 5. The van der Waals surface area contributed by atoms with Crippen molar-refractivity contribution in [3.63, 3.8) is 0 Å². The van der Waals surface area contributed by atoms with Crippen LogP contribution in [0.2, 0.25) is 0 Å². The molecule has 0 aliphatic carbocycles. The third-order valence-electron chi connectivity index (χ3n) is 3.00. The zero-order valence-corrected chi connectivity index (χ0v) is 11.5. The minimum atomic E-state index is -3.60. The van der Waals surface area contributed by atoms with Crippen molar-refractivity contribution in [2.45, 2.75) is 11.0 Å². The fourth-order valence-electron chi connectivity index (χ4n) is 2.07. The molecule has 1 aliphatic heterocycles. The maximum absolute atomic E-state index is 13.2. The molecule has 19 heavy (non-hydrogen) atoms. The second-order valence-corrected chi connectivity index (χ2v) is 6.79. The van der Waals surface area contributed by atoms with E-state index in [4.69, 9.17) is 10.5 Å². The summed E-state index contributed by atoms with van der Waals surface area (Å²) in [4.78, 5) is 1.91. The van der Waals surface area contributed by atoms with Gasteiger partial charge in [-0.1, -0.05) is 0 Å². The number of nitrogen functional groups attached to an aromatic ring is 1. The summed E-state index contributed by atoms with van der Waals surface area (Å²) in [6, 6.07) is 3.34. The molecule has 7 heteroatoms. The van der Waals surface area contributed by atoms with Gasteiger partial charge in [-0.25, -0.2) is 12.8 Å². The zero-order chi connectivity index (χ0) is 14.0. The van der Waals surface area contributed by atoms with E-state index in [-0.39, 0.29) is 16.3 Å². The number of benzene rings is 1. The first kappa shape index (κ1) is 14.2. The molecule has 2 rings (SSSR count). The SMILES string of the molecule is CN1CCOC(CS(=O)(=O)c2cc(N)cc(F)c2)C1. The third kappa shape index (κ3) is 3.65. The molecule has 0 spiro atoms. The van der Waals surface area contributed by atoms with Crippen molar-refractivity contribution in [2.75, 3.05) is 38.2 Å². The molecule has 1 aliphatic rings. The van der Waals surface area contributed by atoms with E-state index in [0.29, 0.717) is 13.2 Å². The van der Waals surface area contributed by atoms with Gasteiger partial charge in [0.05, 0.1) is 23.4 Å². The van der Waals surface area contributed by atoms with Crippen molar-refractivity contribution < 1.29 is 17.5 Å². The predicted octanol–water partition coefficient (Wildman–Crippen LogP) is 0.512. The number of halogens is 1. The van der Waals surface area contributed by atoms with Crippen LogP contribution < -0.4 is 5.73 Å². The zero-order valence-electron chi connectivity index (χ0n) is 10.7. The number of anilines is 1. The van der Waals surface area contributed by atoms with Crippen LogP contribution in [0, 0.1) is 5.82 Å². The first-order valence-corrected chi connectivity index (χ1v) is 7.61. The molecule has 1 aromatic rings. The van der Waals surface area contributed by atoms with Crippen LogP contribution in [-0.4, -0.2) is 51.9 Å². The van der Waals surface area contributed by atoms with E-state index in [1.807, 2.05) is 11.9 Å². The molecule has 1 saturated heterocycles. The summed E-state index contributed by atoms with van der Waals surface area (Å²) in [6.45, 7) is 1.83.